The molecule has 48 heavy (non-hydrogen) atoms. The smallest absolute Gasteiger partial charge is 0.490 e. The monoisotopic (exact) mass is 694 g/mol. The first kappa shape index (κ1) is 37.5. The number of nitrogens with one attached hydrogen (secondary N) is 1. The molecule has 4 N–H and O–H groups in total. The average molecular weight is 695 g/mol. The van der Waals surface area contributed by atoms with Crippen LogP contribution in [0.1, 0.15) is 26.2 Å². The Labute approximate surface area is 275 Å². The SMILES string of the molecule is CCCOc1cccc(Oc2cc3c(cc2NS(=O)(=O)c2cccc(OCC=CCCCN)c2)n(C)c(=O)n3C)c1.O=C(O)C(F)(F)F. The highest BCUT2D eigenvalue weighted by Gasteiger charge is 2.38. The number of carbonyl (C=O) groups is 1. The third-order valence-corrected chi connectivity index (χ3v) is 7.93. The molecule has 0 aliphatic heterocycles. The summed E-state index contributed by atoms with van der Waals surface area (Å²) in [7, 11) is -0.781. The van der Waals surface area contributed by atoms with Crippen molar-refractivity contribution >= 4 is 32.7 Å². The quantitative estimate of drug-likeness (QED) is 0.113. The first-order valence-electron chi connectivity index (χ1n) is 14.7. The van der Waals surface area contributed by atoms with Gasteiger partial charge in [0.15, 0.2) is 5.75 Å². The van der Waals surface area contributed by atoms with Crippen molar-refractivity contribution in [2.75, 3.05) is 24.5 Å². The predicted molar refractivity (Wildman–Crippen MR) is 174 cm³/mol. The molecule has 0 spiro atoms. The zero-order chi connectivity index (χ0) is 35.5. The largest absolute Gasteiger partial charge is 0.493 e. The van der Waals surface area contributed by atoms with Gasteiger partial charge in [0.2, 0.25) is 0 Å². The molecule has 0 aliphatic rings. The van der Waals surface area contributed by atoms with Crippen LogP contribution in [0.4, 0.5) is 18.9 Å². The number of sulfonamides is 1. The summed E-state index contributed by atoms with van der Waals surface area (Å²) in [6.07, 6.45) is 1.38. The molecule has 1 aromatic heterocycles. The second-order valence-electron chi connectivity index (χ2n) is 10.3. The van der Waals surface area contributed by atoms with Crippen molar-refractivity contribution in [3.05, 3.63) is 83.3 Å². The summed E-state index contributed by atoms with van der Waals surface area (Å²) in [5.41, 5.74) is 6.56. The van der Waals surface area contributed by atoms with Gasteiger partial charge in [0.05, 0.1) is 28.2 Å². The number of anilines is 1. The van der Waals surface area contributed by atoms with E-state index in [1.54, 1.807) is 56.6 Å². The molecule has 0 bridgehead atoms. The molecule has 0 amide bonds. The molecule has 0 aliphatic carbocycles. The summed E-state index contributed by atoms with van der Waals surface area (Å²) in [5.74, 6) is -1.03. The van der Waals surface area contributed by atoms with E-state index < -0.39 is 22.2 Å². The third kappa shape index (κ3) is 10.3. The Morgan fingerprint density at radius 2 is 1.56 bits per heavy atom. The molecule has 0 unspecified atom stereocenters. The maximum Gasteiger partial charge on any atom is 0.490 e. The summed E-state index contributed by atoms with van der Waals surface area (Å²) >= 11 is 0. The molecule has 4 rings (SSSR count). The fourth-order valence-electron chi connectivity index (χ4n) is 4.17. The molecule has 0 fully saturated rings. The summed E-state index contributed by atoms with van der Waals surface area (Å²) in [6, 6.07) is 16.6. The fraction of sp³-hybridized carbons (Fsp3) is 0.312. The number of allylic oxidation sites excluding steroid dienone is 1. The average Bonchev–Trinajstić information content (AvgIpc) is 3.24. The number of nitrogens with two attached hydrogens (primary N) is 1. The van der Waals surface area contributed by atoms with Gasteiger partial charge in [-0.3, -0.25) is 13.9 Å². The lowest BCUT2D eigenvalue weighted by atomic mass is 10.2. The number of alkyl halides is 3. The normalized spacial score (nSPS) is 11.6. The number of fused-ring (bicyclic) bond motifs is 1. The van der Waals surface area contributed by atoms with E-state index in [0.717, 1.165) is 19.3 Å². The molecule has 16 heteroatoms. The van der Waals surface area contributed by atoms with Crippen LogP contribution in [0.5, 0.6) is 23.0 Å². The van der Waals surface area contributed by atoms with Gasteiger partial charge in [-0.15, -0.1) is 0 Å². The van der Waals surface area contributed by atoms with Crippen molar-refractivity contribution in [3.8, 4) is 23.0 Å². The van der Waals surface area contributed by atoms with Gasteiger partial charge in [0, 0.05) is 32.3 Å². The molecule has 0 radical (unpaired) electrons. The van der Waals surface area contributed by atoms with E-state index in [1.165, 1.54) is 21.3 Å². The molecule has 0 atom stereocenters. The lowest BCUT2D eigenvalue weighted by Gasteiger charge is -2.15. The number of hydrogen-bond donors (Lipinski definition) is 3. The highest BCUT2D eigenvalue weighted by molar-refractivity contribution is 7.92. The Morgan fingerprint density at radius 1 is 0.958 bits per heavy atom. The van der Waals surface area contributed by atoms with Crippen LogP contribution >= 0.6 is 0 Å². The summed E-state index contributed by atoms with van der Waals surface area (Å²) in [4.78, 5) is 21.5. The van der Waals surface area contributed by atoms with Gasteiger partial charge in [0.25, 0.3) is 10.0 Å². The van der Waals surface area contributed by atoms with Crippen molar-refractivity contribution in [1.29, 1.82) is 0 Å². The van der Waals surface area contributed by atoms with Crippen LogP contribution in [0, 0.1) is 0 Å². The number of nitrogens with zero attached hydrogens (tertiary/aromatic N) is 2. The summed E-state index contributed by atoms with van der Waals surface area (Å²) < 4.78 is 82.0. The van der Waals surface area contributed by atoms with E-state index in [2.05, 4.69) is 4.72 Å². The maximum absolute atomic E-state index is 13.5. The minimum absolute atomic E-state index is 0.0186. The van der Waals surface area contributed by atoms with Gasteiger partial charge >= 0.3 is 17.8 Å². The number of carboxylic acids is 1. The van der Waals surface area contributed by atoms with Crippen LogP contribution in [-0.4, -0.2) is 54.6 Å². The Kier molecular flexibility index (Phi) is 13.1. The first-order chi connectivity index (χ1) is 22.7. The van der Waals surface area contributed by atoms with Crippen LogP contribution in [0.3, 0.4) is 0 Å². The maximum atomic E-state index is 13.5. The zero-order valence-electron chi connectivity index (χ0n) is 26.5. The van der Waals surface area contributed by atoms with E-state index in [4.69, 9.17) is 29.8 Å². The number of halogens is 3. The number of aryl methyl sites for hydroxylation is 2. The van der Waals surface area contributed by atoms with Crippen LogP contribution < -0.4 is 30.4 Å². The highest BCUT2D eigenvalue weighted by Crippen LogP contribution is 2.36. The van der Waals surface area contributed by atoms with Gasteiger partial charge in [-0.25, -0.2) is 18.0 Å². The van der Waals surface area contributed by atoms with Crippen LogP contribution in [0.25, 0.3) is 11.0 Å². The number of benzene rings is 3. The number of imidazole rings is 1. The summed E-state index contributed by atoms with van der Waals surface area (Å²) in [6.45, 7) is 3.50. The Morgan fingerprint density at radius 3 is 2.19 bits per heavy atom. The number of unbranched alkanes of at least 4 members (excludes halogenated alkanes) is 1. The lowest BCUT2D eigenvalue weighted by Crippen LogP contribution is -2.21. The second kappa shape index (κ2) is 16.7. The third-order valence-electron chi connectivity index (χ3n) is 6.57. The Hall–Kier alpha value is -4.96. The molecule has 4 aromatic rings. The minimum atomic E-state index is -5.08. The fourth-order valence-corrected chi connectivity index (χ4v) is 5.26. The predicted octanol–water partition coefficient (Wildman–Crippen LogP) is 5.57. The highest BCUT2D eigenvalue weighted by atomic mass is 32.2. The molecule has 1 heterocycles. The molecular formula is C32H37F3N4O8S. The van der Waals surface area contributed by atoms with Gasteiger partial charge in [-0.1, -0.05) is 31.2 Å². The van der Waals surface area contributed by atoms with E-state index in [9.17, 15) is 26.4 Å². The number of aromatic nitrogens is 2. The van der Waals surface area contributed by atoms with Crippen molar-refractivity contribution in [3.63, 3.8) is 0 Å². The van der Waals surface area contributed by atoms with E-state index in [-0.39, 0.29) is 22.0 Å². The molecule has 260 valence electrons. The van der Waals surface area contributed by atoms with E-state index in [0.29, 0.717) is 48.0 Å². The number of hydrogen-bond acceptors (Lipinski definition) is 8. The molecular weight excluding hydrogens is 657 g/mol. The van der Waals surface area contributed by atoms with Gasteiger partial charge < -0.3 is 25.1 Å². The zero-order valence-corrected chi connectivity index (χ0v) is 27.3. The van der Waals surface area contributed by atoms with E-state index >= 15 is 0 Å². The number of aliphatic carboxylic acids is 1. The minimum Gasteiger partial charge on any atom is -0.493 e. The summed E-state index contributed by atoms with van der Waals surface area (Å²) in [5, 5.41) is 7.12. The van der Waals surface area contributed by atoms with E-state index in [1.807, 2.05) is 25.1 Å². The van der Waals surface area contributed by atoms with Gasteiger partial charge in [0.1, 0.15) is 23.9 Å². The van der Waals surface area contributed by atoms with Crippen molar-refractivity contribution in [1.82, 2.24) is 9.13 Å². The first-order valence-corrected chi connectivity index (χ1v) is 16.2. The molecule has 12 nitrogen and oxygen atoms in total. The topological polar surface area (TPSA) is 164 Å². The number of ether oxygens (including phenoxy) is 3. The Balaban J connectivity index is 0.000000804. The van der Waals surface area contributed by atoms with Crippen LogP contribution in [0.15, 0.2) is 82.5 Å². The lowest BCUT2D eigenvalue weighted by molar-refractivity contribution is -0.192. The van der Waals surface area contributed by atoms with Gasteiger partial charge in [-0.05, 0) is 56.1 Å². The molecule has 0 saturated heterocycles. The van der Waals surface area contributed by atoms with Crippen molar-refractivity contribution in [2.24, 2.45) is 19.8 Å². The van der Waals surface area contributed by atoms with Crippen molar-refractivity contribution < 1.29 is 45.7 Å². The van der Waals surface area contributed by atoms with Gasteiger partial charge in [-0.2, -0.15) is 13.2 Å². The van der Waals surface area contributed by atoms with Crippen LogP contribution in [0.2, 0.25) is 0 Å². The standard InChI is InChI=1S/C30H36N4O6S.C2HF3O2/c1-4-16-38-22-11-9-13-24(18-22)40-29-21-28-27(33(2)30(35)34(28)3)20-26(29)32-41(36,37)25-14-10-12-23(19-25)39-17-8-6-5-7-15-31;3-2(4,5)1(6)7/h6,8-14,18-21,32H,4-5,7,15-17,31H2,1-3H3;(H,6,7). The second-order valence-corrected chi connectivity index (χ2v) is 11.9. The number of rotatable bonds is 14. The Bertz CT molecular complexity index is 1900. The molecule has 3 aromatic carbocycles. The molecule has 0 saturated carbocycles. The van der Waals surface area contributed by atoms with Crippen molar-refractivity contribution in [2.45, 2.75) is 37.3 Å². The van der Waals surface area contributed by atoms with Crippen LogP contribution in [-0.2, 0) is 28.9 Å². The number of carboxylic acid groups (broad SMARTS) is 1.